The number of halogens is 1. The number of para-hydroxylation sites is 1. The van der Waals surface area contributed by atoms with Gasteiger partial charge in [-0.1, -0.05) is 48.5 Å². The van der Waals surface area contributed by atoms with Gasteiger partial charge in [-0.3, -0.25) is 9.59 Å². The Kier molecular flexibility index (Phi) is 4.38. The second-order valence-electron chi connectivity index (χ2n) is 6.32. The minimum absolute atomic E-state index is 0.212. The van der Waals surface area contributed by atoms with Gasteiger partial charge in [0.2, 0.25) is 0 Å². The molecule has 1 amide bonds. The zero-order valence-electron chi connectivity index (χ0n) is 14.4. The van der Waals surface area contributed by atoms with Gasteiger partial charge >= 0.3 is 0 Å². The molecule has 1 aliphatic heterocycles. The summed E-state index contributed by atoms with van der Waals surface area (Å²) in [6.07, 6.45) is 1.35. The Labute approximate surface area is 156 Å². The summed E-state index contributed by atoms with van der Waals surface area (Å²) < 4.78 is 13.1. The zero-order valence-corrected chi connectivity index (χ0v) is 14.4. The standard InChI is InChI=1S/C23H16FNO2/c24-18-12-10-17(11-13-18)22(26)14-20-19-8-4-5-9-21(19)25(23(20)27)15-16-6-2-1-3-7-16/h1-14H,15H2/b20-14+. The van der Waals surface area contributed by atoms with Crippen LogP contribution >= 0.6 is 0 Å². The third kappa shape index (κ3) is 3.29. The van der Waals surface area contributed by atoms with E-state index in [2.05, 4.69) is 0 Å². The largest absolute Gasteiger partial charge is 0.303 e. The van der Waals surface area contributed by atoms with Gasteiger partial charge in [0.1, 0.15) is 5.82 Å². The van der Waals surface area contributed by atoms with E-state index >= 15 is 0 Å². The van der Waals surface area contributed by atoms with Crippen LogP contribution in [0.15, 0.2) is 84.9 Å². The van der Waals surface area contributed by atoms with Gasteiger partial charge in [-0.05, 0) is 42.0 Å². The molecule has 0 spiro atoms. The van der Waals surface area contributed by atoms with E-state index in [1.807, 2.05) is 54.6 Å². The normalized spacial score (nSPS) is 14.5. The minimum atomic E-state index is -0.407. The summed E-state index contributed by atoms with van der Waals surface area (Å²) in [7, 11) is 0. The number of hydrogen-bond donors (Lipinski definition) is 0. The van der Waals surface area contributed by atoms with Crippen LogP contribution < -0.4 is 4.90 Å². The molecule has 3 nitrogen and oxygen atoms in total. The predicted molar refractivity (Wildman–Crippen MR) is 103 cm³/mol. The lowest BCUT2D eigenvalue weighted by Gasteiger charge is -2.17. The Morgan fingerprint density at radius 2 is 1.56 bits per heavy atom. The lowest BCUT2D eigenvalue weighted by atomic mass is 10.0. The van der Waals surface area contributed by atoms with Gasteiger partial charge < -0.3 is 4.90 Å². The fourth-order valence-corrected chi connectivity index (χ4v) is 3.20. The van der Waals surface area contributed by atoms with Gasteiger partial charge in [-0.25, -0.2) is 4.39 Å². The predicted octanol–water partition coefficient (Wildman–Crippen LogP) is 4.64. The van der Waals surface area contributed by atoms with Crippen molar-refractivity contribution in [1.82, 2.24) is 0 Å². The smallest absolute Gasteiger partial charge is 0.259 e. The van der Waals surface area contributed by atoms with E-state index in [9.17, 15) is 14.0 Å². The molecule has 132 valence electrons. The third-order valence-corrected chi connectivity index (χ3v) is 4.55. The number of benzene rings is 3. The number of rotatable bonds is 4. The van der Waals surface area contributed by atoms with Crippen LogP contribution in [0.3, 0.4) is 0 Å². The summed E-state index contributed by atoms with van der Waals surface area (Å²) >= 11 is 0. The molecule has 3 aromatic rings. The first kappa shape index (κ1) is 16.9. The van der Waals surface area contributed by atoms with E-state index in [0.29, 0.717) is 17.7 Å². The molecule has 4 heteroatoms. The number of allylic oxidation sites excluding steroid dienone is 1. The van der Waals surface area contributed by atoms with E-state index < -0.39 is 5.82 Å². The summed E-state index contributed by atoms with van der Waals surface area (Å²) in [5.74, 6) is -0.944. The molecule has 0 aromatic heterocycles. The lowest BCUT2D eigenvalue weighted by Crippen LogP contribution is -2.25. The van der Waals surface area contributed by atoms with Crippen LogP contribution in [-0.4, -0.2) is 11.7 Å². The highest BCUT2D eigenvalue weighted by Crippen LogP contribution is 2.37. The van der Waals surface area contributed by atoms with Crippen LogP contribution in [0.25, 0.3) is 5.57 Å². The van der Waals surface area contributed by atoms with Crippen LogP contribution in [-0.2, 0) is 11.3 Å². The average molecular weight is 357 g/mol. The van der Waals surface area contributed by atoms with Crippen molar-refractivity contribution in [2.24, 2.45) is 0 Å². The van der Waals surface area contributed by atoms with Gasteiger partial charge in [0.15, 0.2) is 5.78 Å². The van der Waals surface area contributed by atoms with Crippen molar-refractivity contribution in [1.29, 1.82) is 0 Å². The third-order valence-electron chi connectivity index (χ3n) is 4.55. The Morgan fingerprint density at radius 1 is 0.889 bits per heavy atom. The maximum atomic E-state index is 13.1. The lowest BCUT2D eigenvalue weighted by molar-refractivity contribution is -0.113. The highest BCUT2D eigenvalue weighted by Gasteiger charge is 2.32. The zero-order chi connectivity index (χ0) is 18.8. The van der Waals surface area contributed by atoms with Crippen molar-refractivity contribution in [2.45, 2.75) is 6.54 Å². The molecule has 0 atom stereocenters. The molecule has 3 aromatic carbocycles. The summed E-state index contributed by atoms with van der Waals surface area (Å²) in [5.41, 5.74) is 3.22. The average Bonchev–Trinajstić information content (AvgIpc) is 2.95. The van der Waals surface area contributed by atoms with Crippen LogP contribution in [0.2, 0.25) is 0 Å². The van der Waals surface area contributed by atoms with Crippen LogP contribution in [0.4, 0.5) is 10.1 Å². The van der Waals surface area contributed by atoms with Crippen molar-refractivity contribution < 1.29 is 14.0 Å². The van der Waals surface area contributed by atoms with Crippen molar-refractivity contribution in [3.63, 3.8) is 0 Å². The molecule has 0 bridgehead atoms. The Bertz CT molecular complexity index is 1040. The minimum Gasteiger partial charge on any atom is -0.303 e. The van der Waals surface area contributed by atoms with E-state index in [1.165, 1.54) is 30.3 Å². The van der Waals surface area contributed by atoms with Crippen molar-refractivity contribution >= 4 is 23.0 Å². The molecule has 0 N–H and O–H groups in total. The molecule has 0 unspecified atom stereocenters. The van der Waals surface area contributed by atoms with Crippen molar-refractivity contribution in [3.8, 4) is 0 Å². The number of fused-ring (bicyclic) bond motifs is 1. The molecular weight excluding hydrogens is 341 g/mol. The van der Waals surface area contributed by atoms with Gasteiger partial charge in [-0.2, -0.15) is 0 Å². The summed E-state index contributed by atoms with van der Waals surface area (Å²) in [6.45, 7) is 0.429. The SMILES string of the molecule is O=C(/C=C1/C(=O)N(Cc2ccccc2)c2ccccc21)c1ccc(F)cc1. The summed E-state index contributed by atoms with van der Waals surface area (Å²) in [6, 6.07) is 22.4. The fourth-order valence-electron chi connectivity index (χ4n) is 3.20. The number of hydrogen-bond acceptors (Lipinski definition) is 2. The highest BCUT2D eigenvalue weighted by molar-refractivity contribution is 6.35. The monoisotopic (exact) mass is 357 g/mol. The van der Waals surface area contributed by atoms with E-state index in [1.54, 1.807) is 4.90 Å². The number of nitrogens with zero attached hydrogens (tertiary/aromatic N) is 1. The van der Waals surface area contributed by atoms with Crippen LogP contribution in [0.1, 0.15) is 21.5 Å². The fraction of sp³-hybridized carbons (Fsp3) is 0.0435. The number of anilines is 1. The van der Waals surface area contributed by atoms with Gasteiger partial charge in [0.05, 0.1) is 17.8 Å². The van der Waals surface area contributed by atoms with Gasteiger partial charge in [0.25, 0.3) is 5.91 Å². The van der Waals surface area contributed by atoms with E-state index in [4.69, 9.17) is 0 Å². The number of amides is 1. The quantitative estimate of drug-likeness (QED) is 0.504. The topological polar surface area (TPSA) is 37.4 Å². The summed E-state index contributed by atoms with van der Waals surface area (Å²) in [4.78, 5) is 27.3. The molecule has 1 heterocycles. The van der Waals surface area contributed by atoms with Crippen LogP contribution in [0.5, 0.6) is 0 Å². The molecule has 4 rings (SSSR count). The van der Waals surface area contributed by atoms with Gasteiger partial charge in [-0.15, -0.1) is 0 Å². The Balaban J connectivity index is 1.70. The molecule has 27 heavy (non-hydrogen) atoms. The molecular formula is C23H16FNO2. The first-order chi connectivity index (χ1) is 13.1. The maximum absolute atomic E-state index is 13.1. The number of carbonyl (C=O) groups is 2. The van der Waals surface area contributed by atoms with Gasteiger partial charge in [0, 0.05) is 11.1 Å². The molecule has 0 aliphatic carbocycles. The molecule has 0 fully saturated rings. The molecule has 0 saturated carbocycles. The van der Waals surface area contributed by atoms with E-state index in [0.717, 1.165) is 16.8 Å². The van der Waals surface area contributed by atoms with Crippen molar-refractivity contribution in [3.05, 3.63) is 107 Å². The first-order valence-electron chi connectivity index (χ1n) is 8.60. The Morgan fingerprint density at radius 3 is 2.30 bits per heavy atom. The molecule has 0 saturated heterocycles. The maximum Gasteiger partial charge on any atom is 0.259 e. The van der Waals surface area contributed by atoms with Crippen LogP contribution in [0, 0.1) is 5.82 Å². The number of carbonyl (C=O) groups excluding carboxylic acids is 2. The molecule has 0 radical (unpaired) electrons. The second kappa shape index (κ2) is 7.00. The highest BCUT2D eigenvalue weighted by atomic mass is 19.1. The second-order valence-corrected chi connectivity index (χ2v) is 6.32. The van der Waals surface area contributed by atoms with Crippen molar-refractivity contribution in [2.75, 3.05) is 4.90 Å². The number of ketones is 1. The molecule has 1 aliphatic rings. The first-order valence-corrected chi connectivity index (χ1v) is 8.60. The van der Waals surface area contributed by atoms with E-state index in [-0.39, 0.29) is 11.7 Å². The Hall–Kier alpha value is -3.53. The summed E-state index contributed by atoms with van der Waals surface area (Å²) in [5, 5.41) is 0.